The average molecular weight is 434 g/mol. The number of amides is 1. The van der Waals surface area contributed by atoms with Gasteiger partial charge in [-0.3, -0.25) is 4.79 Å². The van der Waals surface area contributed by atoms with Crippen LogP contribution in [0.4, 0.5) is 0 Å². The number of sulfonamides is 1. The normalized spacial score (nSPS) is 12.5. The topological polar surface area (TPSA) is 121 Å². The Labute approximate surface area is 176 Å². The lowest BCUT2D eigenvalue weighted by molar-refractivity contribution is 0.0696. The van der Waals surface area contributed by atoms with Crippen LogP contribution < -0.4 is 4.72 Å². The maximum Gasteiger partial charge on any atom is 0.335 e. The van der Waals surface area contributed by atoms with Gasteiger partial charge in [-0.25, -0.2) is 17.9 Å². The quantitative estimate of drug-likeness (QED) is 0.674. The molecule has 3 N–H and O–H groups in total. The van der Waals surface area contributed by atoms with Gasteiger partial charge in [0.05, 0.1) is 10.5 Å². The fraction of sp³-hybridized carbons (Fsp3) is 0.364. The van der Waals surface area contributed by atoms with Gasteiger partial charge in [0.15, 0.2) is 0 Å². The minimum absolute atomic E-state index is 0.0663. The second-order valence-electron chi connectivity index (χ2n) is 9.18. The molecular formula is C22H27NO6S. The Morgan fingerprint density at radius 3 is 1.63 bits per heavy atom. The number of rotatable bonds is 4. The molecule has 0 bridgehead atoms. The van der Waals surface area contributed by atoms with Gasteiger partial charge in [0.2, 0.25) is 0 Å². The second kappa shape index (κ2) is 7.75. The highest BCUT2D eigenvalue weighted by Crippen LogP contribution is 2.39. The SMILES string of the molecule is CC(C)(C)c1cc(C(=O)NS(=O)(=O)c2ccc(C(=O)O)cc2)cc(C(C)(C)C)c1O. The van der Waals surface area contributed by atoms with Crippen molar-refractivity contribution >= 4 is 21.9 Å². The van der Waals surface area contributed by atoms with Crippen molar-refractivity contribution in [2.45, 2.75) is 57.3 Å². The number of nitrogens with one attached hydrogen (secondary N) is 1. The Kier molecular flexibility index (Phi) is 6.05. The summed E-state index contributed by atoms with van der Waals surface area (Å²) in [4.78, 5) is 23.5. The highest BCUT2D eigenvalue weighted by atomic mass is 32.2. The number of carbonyl (C=O) groups excluding carboxylic acids is 1. The monoisotopic (exact) mass is 433 g/mol. The molecular weight excluding hydrogens is 406 g/mol. The molecule has 30 heavy (non-hydrogen) atoms. The van der Waals surface area contributed by atoms with E-state index in [4.69, 9.17) is 5.11 Å². The molecule has 0 spiro atoms. The molecule has 0 aliphatic carbocycles. The largest absolute Gasteiger partial charge is 0.507 e. The number of carboxylic acid groups (broad SMARTS) is 1. The van der Waals surface area contributed by atoms with E-state index in [1.807, 2.05) is 46.3 Å². The van der Waals surface area contributed by atoms with Gasteiger partial charge < -0.3 is 10.2 Å². The van der Waals surface area contributed by atoms with E-state index in [1.165, 1.54) is 12.1 Å². The molecule has 2 rings (SSSR count). The molecule has 0 aliphatic heterocycles. The first-order valence-electron chi connectivity index (χ1n) is 9.32. The van der Waals surface area contributed by atoms with E-state index >= 15 is 0 Å². The Hall–Kier alpha value is -2.87. The van der Waals surface area contributed by atoms with Gasteiger partial charge in [-0.2, -0.15) is 0 Å². The molecule has 2 aromatic rings. The zero-order valence-electron chi connectivity index (χ0n) is 17.9. The molecule has 162 valence electrons. The van der Waals surface area contributed by atoms with Crippen LogP contribution in [-0.2, 0) is 20.9 Å². The van der Waals surface area contributed by atoms with E-state index in [-0.39, 0.29) is 21.8 Å². The molecule has 1 amide bonds. The molecule has 0 unspecified atom stereocenters. The Morgan fingerprint density at radius 2 is 1.27 bits per heavy atom. The van der Waals surface area contributed by atoms with Crippen LogP contribution in [0.3, 0.4) is 0 Å². The predicted molar refractivity (Wildman–Crippen MR) is 114 cm³/mol. The van der Waals surface area contributed by atoms with Crippen molar-refractivity contribution in [3.05, 3.63) is 58.7 Å². The van der Waals surface area contributed by atoms with Crippen molar-refractivity contribution < 1.29 is 28.2 Å². The van der Waals surface area contributed by atoms with E-state index < -0.39 is 32.7 Å². The number of aromatic carboxylic acids is 1. The molecule has 7 nitrogen and oxygen atoms in total. The fourth-order valence-corrected chi connectivity index (χ4v) is 3.90. The number of carboxylic acids is 1. The Bertz CT molecular complexity index is 1050. The fourth-order valence-electron chi connectivity index (χ4n) is 2.93. The van der Waals surface area contributed by atoms with Gasteiger partial charge in [0, 0.05) is 16.7 Å². The Balaban J connectivity index is 2.48. The van der Waals surface area contributed by atoms with Crippen LogP contribution in [0.5, 0.6) is 5.75 Å². The third-order valence-electron chi connectivity index (χ3n) is 4.63. The van der Waals surface area contributed by atoms with Gasteiger partial charge in [-0.05, 0) is 47.2 Å². The number of hydrogen-bond acceptors (Lipinski definition) is 5. The van der Waals surface area contributed by atoms with Gasteiger partial charge in [0.1, 0.15) is 5.75 Å². The van der Waals surface area contributed by atoms with E-state index in [0.717, 1.165) is 24.3 Å². The number of aromatic hydroxyl groups is 1. The van der Waals surface area contributed by atoms with Crippen LogP contribution in [0.2, 0.25) is 0 Å². The van der Waals surface area contributed by atoms with Crippen LogP contribution >= 0.6 is 0 Å². The molecule has 2 aromatic carbocycles. The smallest absolute Gasteiger partial charge is 0.335 e. The summed E-state index contributed by atoms with van der Waals surface area (Å²) < 4.78 is 27.2. The maximum absolute atomic E-state index is 12.8. The van der Waals surface area contributed by atoms with Crippen LogP contribution in [0.15, 0.2) is 41.3 Å². The summed E-state index contributed by atoms with van der Waals surface area (Å²) in [6, 6.07) is 7.52. The van der Waals surface area contributed by atoms with Crippen molar-refractivity contribution in [1.29, 1.82) is 0 Å². The highest BCUT2D eigenvalue weighted by molar-refractivity contribution is 7.90. The maximum atomic E-state index is 12.8. The average Bonchev–Trinajstić information content (AvgIpc) is 2.59. The first-order valence-corrected chi connectivity index (χ1v) is 10.8. The summed E-state index contributed by atoms with van der Waals surface area (Å²) in [5.41, 5.74) is 0.140. The lowest BCUT2D eigenvalue weighted by Crippen LogP contribution is -2.31. The van der Waals surface area contributed by atoms with Crippen LogP contribution in [0.25, 0.3) is 0 Å². The van der Waals surface area contributed by atoms with Gasteiger partial charge >= 0.3 is 5.97 Å². The van der Waals surface area contributed by atoms with Crippen molar-refractivity contribution in [2.24, 2.45) is 0 Å². The standard InChI is InChI=1S/C22H27NO6S/c1-21(2,3)16-11-14(12-17(18(16)24)22(4,5)6)19(25)23-30(28,29)15-9-7-13(8-10-15)20(26)27/h7-12,24H,1-6H3,(H,23,25)(H,26,27). The molecule has 0 radical (unpaired) electrons. The van der Waals surface area contributed by atoms with Gasteiger partial charge in [-0.1, -0.05) is 41.5 Å². The molecule has 0 saturated carbocycles. The summed E-state index contributed by atoms with van der Waals surface area (Å²) in [5, 5.41) is 19.7. The van der Waals surface area contributed by atoms with Crippen LogP contribution in [0.1, 0.15) is 73.4 Å². The highest BCUT2D eigenvalue weighted by Gasteiger charge is 2.29. The first kappa shape index (κ1) is 23.4. The predicted octanol–water partition coefficient (Wildman–Crippen LogP) is 3.80. The number of benzene rings is 2. The molecule has 8 heteroatoms. The van der Waals surface area contributed by atoms with Crippen LogP contribution in [-0.4, -0.2) is 30.5 Å². The minimum atomic E-state index is -4.21. The molecule has 0 fully saturated rings. The number of phenolic OH excluding ortho intramolecular Hbond substituents is 1. The first-order chi connectivity index (χ1) is 13.5. The lowest BCUT2D eigenvalue weighted by Gasteiger charge is -2.28. The summed E-state index contributed by atoms with van der Waals surface area (Å²) >= 11 is 0. The Morgan fingerprint density at radius 1 is 0.833 bits per heavy atom. The molecule has 0 saturated heterocycles. The molecule has 0 atom stereocenters. The molecule has 0 aliphatic rings. The number of hydrogen-bond donors (Lipinski definition) is 3. The third kappa shape index (κ3) is 4.99. The van der Waals surface area contributed by atoms with E-state index in [9.17, 15) is 23.1 Å². The molecule has 0 aromatic heterocycles. The van der Waals surface area contributed by atoms with Crippen molar-refractivity contribution in [1.82, 2.24) is 4.72 Å². The van der Waals surface area contributed by atoms with Crippen molar-refractivity contribution in [3.8, 4) is 5.75 Å². The lowest BCUT2D eigenvalue weighted by atomic mass is 9.78. The van der Waals surface area contributed by atoms with Crippen molar-refractivity contribution in [3.63, 3.8) is 0 Å². The van der Waals surface area contributed by atoms with E-state index in [0.29, 0.717) is 11.1 Å². The summed E-state index contributed by atoms with van der Waals surface area (Å²) in [7, 11) is -4.21. The van der Waals surface area contributed by atoms with E-state index in [1.54, 1.807) is 0 Å². The van der Waals surface area contributed by atoms with Gasteiger partial charge in [0.25, 0.3) is 15.9 Å². The summed E-state index contributed by atoms with van der Waals surface area (Å²) in [6.07, 6.45) is 0. The summed E-state index contributed by atoms with van der Waals surface area (Å²) in [6.45, 7) is 11.3. The van der Waals surface area contributed by atoms with E-state index in [2.05, 4.69) is 0 Å². The number of phenols is 1. The third-order valence-corrected chi connectivity index (χ3v) is 5.97. The van der Waals surface area contributed by atoms with Crippen LogP contribution in [0, 0.1) is 0 Å². The minimum Gasteiger partial charge on any atom is -0.507 e. The summed E-state index contributed by atoms with van der Waals surface area (Å²) in [5.74, 6) is -1.94. The molecule has 0 heterocycles. The van der Waals surface area contributed by atoms with Crippen molar-refractivity contribution in [2.75, 3.05) is 0 Å². The second-order valence-corrected chi connectivity index (χ2v) is 10.9. The number of carbonyl (C=O) groups is 2. The zero-order valence-corrected chi connectivity index (χ0v) is 18.7. The zero-order chi connectivity index (χ0) is 23.1. The van der Waals surface area contributed by atoms with Gasteiger partial charge in [-0.15, -0.1) is 0 Å².